The van der Waals surface area contributed by atoms with Crippen LogP contribution in [0.15, 0.2) is 36.5 Å². The molecule has 0 N–H and O–H groups in total. The Morgan fingerprint density at radius 2 is 0.746 bits per heavy atom. The van der Waals surface area contributed by atoms with Crippen LogP contribution in [-0.4, -0.2) is 129 Å². The number of nitrogens with zero attached hydrogens (tertiary/aromatic N) is 5. The number of allylic oxidation sites excluding steroid dienone is 3. The quantitative estimate of drug-likeness (QED) is 0.0345. The summed E-state index contributed by atoms with van der Waals surface area (Å²) in [6.07, 6.45) is 52.8. The van der Waals surface area contributed by atoms with Gasteiger partial charge in [-0.15, -0.1) is 0 Å². The van der Waals surface area contributed by atoms with Crippen molar-refractivity contribution in [2.24, 2.45) is 0 Å². The smallest absolute Gasteiger partial charge is 0.236 e. The lowest BCUT2D eigenvalue weighted by molar-refractivity contribution is -0.134. The molecule has 0 aliphatic carbocycles. The van der Waals surface area contributed by atoms with Crippen LogP contribution in [0.5, 0.6) is 0 Å². The average molecular weight is 885 g/mol. The number of likely N-dealkylation sites (N-methyl/N-ethyl adjacent to an activating group) is 1. The van der Waals surface area contributed by atoms with Crippen LogP contribution in [-0.2, 0) is 9.59 Å². The van der Waals surface area contributed by atoms with Gasteiger partial charge in [0.25, 0.3) is 0 Å². The van der Waals surface area contributed by atoms with Gasteiger partial charge in [-0.2, -0.15) is 0 Å². The van der Waals surface area contributed by atoms with E-state index in [0.717, 1.165) is 97.5 Å². The molecule has 0 spiro atoms. The van der Waals surface area contributed by atoms with Gasteiger partial charge in [0, 0.05) is 58.9 Å². The molecule has 0 unspecified atom stereocenters. The summed E-state index contributed by atoms with van der Waals surface area (Å²) in [6, 6.07) is 0. The SMILES string of the molecule is CCCCC/C=C\CCN(CC/C=C\CCCCC)CCN(CC/C=C\CCCCC)CC(=O)N1CCN(C)CC1.CCCCCCCCCN(CC=O)CCCCCCCCC. The molecule has 0 bridgehead atoms. The lowest BCUT2D eigenvalue weighted by Gasteiger charge is -2.34. The second kappa shape index (κ2) is 49.6. The Morgan fingerprint density at radius 1 is 0.397 bits per heavy atom. The molecule has 1 fully saturated rings. The fourth-order valence-corrected chi connectivity index (χ4v) is 8.24. The van der Waals surface area contributed by atoms with Crippen LogP contribution in [0.4, 0.5) is 0 Å². The highest BCUT2D eigenvalue weighted by Gasteiger charge is 2.21. The molecule has 0 radical (unpaired) electrons. The number of hydrogen-bond donors (Lipinski definition) is 0. The molecule has 1 heterocycles. The highest BCUT2D eigenvalue weighted by molar-refractivity contribution is 5.78. The molecular formula is C56H109N5O2. The Balaban J connectivity index is 0.00000147. The fourth-order valence-electron chi connectivity index (χ4n) is 8.24. The van der Waals surface area contributed by atoms with E-state index < -0.39 is 0 Å². The van der Waals surface area contributed by atoms with Crippen molar-refractivity contribution in [1.29, 1.82) is 0 Å². The summed E-state index contributed by atoms with van der Waals surface area (Å²) >= 11 is 0. The van der Waals surface area contributed by atoms with E-state index >= 15 is 0 Å². The summed E-state index contributed by atoms with van der Waals surface area (Å²) in [4.78, 5) is 35.8. The zero-order chi connectivity index (χ0) is 46.1. The second-order valence-corrected chi connectivity index (χ2v) is 18.8. The summed E-state index contributed by atoms with van der Waals surface area (Å²) in [5.74, 6) is 0.307. The summed E-state index contributed by atoms with van der Waals surface area (Å²) in [6.45, 7) is 23.6. The van der Waals surface area contributed by atoms with Gasteiger partial charge >= 0.3 is 0 Å². The molecule has 1 saturated heterocycles. The van der Waals surface area contributed by atoms with Crippen LogP contribution in [0, 0.1) is 0 Å². The van der Waals surface area contributed by atoms with Crippen molar-refractivity contribution in [3.05, 3.63) is 36.5 Å². The van der Waals surface area contributed by atoms with E-state index in [1.165, 1.54) is 167 Å². The molecule has 1 aliphatic rings. The molecule has 0 saturated carbocycles. The summed E-state index contributed by atoms with van der Waals surface area (Å²) in [5, 5.41) is 0. The minimum absolute atomic E-state index is 0.307. The molecule has 0 aromatic rings. The van der Waals surface area contributed by atoms with Crippen LogP contribution in [0.3, 0.4) is 0 Å². The molecule has 1 aliphatic heterocycles. The van der Waals surface area contributed by atoms with Gasteiger partial charge in [-0.3, -0.25) is 14.6 Å². The minimum atomic E-state index is 0.307. The van der Waals surface area contributed by atoms with Gasteiger partial charge in [0.05, 0.1) is 13.1 Å². The van der Waals surface area contributed by atoms with Gasteiger partial charge in [-0.05, 0) is 90.8 Å². The van der Waals surface area contributed by atoms with Gasteiger partial charge in [0.1, 0.15) is 6.29 Å². The van der Waals surface area contributed by atoms with Crippen LogP contribution >= 0.6 is 0 Å². The third kappa shape index (κ3) is 42.6. The van der Waals surface area contributed by atoms with Crippen molar-refractivity contribution in [2.45, 2.75) is 221 Å². The van der Waals surface area contributed by atoms with E-state index in [1.807, 2.05) is 0 Å². The summed E-state index contributed by atoms with van der Waals surface area (Å²) in [5.41, 5.74) is 0. The van der Waals surface area contributed by atoms with E-state index in [4.69, 9.17) is 0 Å². The molecule has 0 aromatic carbocycles. The number of rotatable bonds is 44. The number of aldehydes is 1. The molecule has 0 atom stereocenters. The Bertz CT molecular complexity index is 997. The second-order valence-electron chi connectivity index (χ2n) is 18.8. The molecule has 370 valence electrons. The van der Waals surface area contributed by atoms with Crippen LogP contribution in [0.25, 0.3) is 0 Å². The van der Waals surface area contributed by atoms with E-state index in [-0.39, 0.29) is 0 Å². The number of unbranched alkanes of at least 4 members (excludes halogenated alkanes) is 21. The topological polar surface area (TPSA) is 50.3 Å². The maximum atomic E-state index is 13.2. The fraction of sp³-hybridized carbons (Fsp3) is 0.857. The lowest BCUT2D eigenvalue weighted by atomic mass is 10.1. The van der Waals surface area contributed by atoms with Crippen LogP contribution in [0.2, 0.25) is 0 Å². The predicted octanol–water partition coefficient (Wildman–Crippen LogP) is 13.9. The molecular weight excluding hydrogens is 775 g/mol. The minimum Gasteiger partial charge on any atom is -0.339 e. The highest BCUT2D eigenvalue weighted by Crippen LogP contribution is 2.11. The molecule has 0 aromatic heterocycles. The van der Waals surface area contributed by atoms with Crippen molar-refractivity contribution in [1.82, 2.24) is 24.5 Å². The summed E-state index contributed by atoms with van der Waals surface area (Å²) < 4.78 is 0. The number of carbonyl (C=O) groups excluding carboxylic acids is 2. The monoisotopic (exact) mass is 884 g/mol. The maximum Gasteiger partial charge on any atom is 0.236 e. The Labute approximate surface area is 394 Å². The largest absolute Gasteiger partial charge is 0.339 e. The first-order chi connectivity index (χ1) is 30.9. The van der Waals surface area contributed by atoms with Crippen LogP contribution in [0.1, 0.15) is 221 Å². The Kier molecular flexibility index (Phi) is 48.2. The van der Waals surface area contributed by atoms with Crippen molar-refractivity contribution < 1.29 is 9.59 Å². The average Bonchev–Trinajstić information content (AvgIpc) is 3.29. The first-order valence-electron chi connectivity index (χ1n) is 27.5. The first-order valence-corrected chi connectivity index (χ1v) is 27.5. The van der Waals surface area contributed by atoms with Crippen molar-refractivity contribution >= 4 is 12.2 Å². The number of amides is 1. The zero-order valence-electron chi connectivity index (χ0n) is 43.3. The van der Waals surface area contributed by atoms with E-state index in [2.05, 4.69) is 103 Å². The highest BCUT2D eigenvalue weighted by atomic mass is 16.2. The van der Waals surface area contributed by atoms with E-state index in [1.54, 1.807) is 0 Å². The molecule has 1 amide bonds. The first kappa shape index (κ1) is 61.2. The van der Waals surface area contributed by atoms with Gasteiger partial charge in [0.15, 0.2) is 0 Å². The number of piperazine rings is 1. The van der Waals surface area contributed by atoms with Crippen LogP contribution < -0.4 is 0 Å². The molecule has 1 rings (SSSR count). The number of carbonyl (C=O) groups is 2. The maximum absolute atomic E-state index is 13.2. The van der Waals surface area contributed by atoms with Gasteiger partial charge < -0.3 is 19.5 Å². The lowest BCUT2D eigenvalue weighted by Crippen LogP contribution is -2.50. The summed E-state index contributed by atoms with van der Waals surface area (Å²) in [7, 11) is 2.15. The standard InChI is InChI=1S/C36H68N4O.C20H41NO/c1-5-8-11-14-17-20-23-26-38(27-24-21-18-15-12-9-6-2)31-32-39(28-25-22-19-16-13-10-7-3)35-36(41)40-33-29-37(4)30-34-40;1-3-5-7-9-11-13-15-17-21(19-20-22)18-16-14-12-10-8-6-4-2/h17-22H,5-16,23-35H2,1-4H3;20H,3-19H2,1-2H3/b20-17-,21-18-,22-19-;. The Morgan fingerprint density at radius 3 is 1.16 bits per heavy atom. The third-order valence-corrected chi connectivity index (χ3v) is 12.7. The number of hydrogen-bond acceptors (Lipinski definition) is 6. The van der Waals surface area contributed by atoms with Crippen molar-refractivity contribution in [3.8, 4) is 0 Å². The molecule has 7 nitrogen and oxygen atoms in total. The normalized spacial score (nSPS) is 13.8. The van der Waals surface area contributed by atoms with Crippen molar-refractivity contribution in [3.63, 3.8) is 0 Å². The molecule has 63 heavy (non-hydrogen) atoms. The van der Waals surface area contributed by atoms with Gasteiger partial charge in [0.2, 0.25) is 5.91 Å². The van der Waals surface area contributed by atoms with Gasteiger partial charge in [-0.1, -0.05) is 187 Å². The van der Waals surface area contributed by atoms with Crippen molar-refractivity contribution in [2.75, 3.05) is 92.1 Å². The molecule has 7 heteroatoms. The van der Waals surface area contributed by atoms with Gasteiger partial charge in [-0.25, -0.2) is 0 Å². The van der Waals surface area contributed by atoms with E-state index in [9.17, 15) is 9.59 Å². The zero-order valence-corrected chi connectivity index (χ0v) is 43.3. The third-order valence-electron chi connectivity index (χ3n) is 12.7. The predicted molar refractivity (Wildman–Crippen MR) is 279 cm³/mol. The Hall–Kier alpha value is -1.80. The van der Waals surface area contributed by atoms with E-state index in [0.29, 0.717) is 19.0 Å².